The van der Waals surface area contributed by atoms with E-state index in [1.807, 2.05) is 24.3 Å². The molecule has 2 aromatic heterocycles. The molecule has 0 unspecified atom stereocenters. The number of ether oxygens (including phenoxy) is 1. The molecule has 0 atom stereocenters. The number of aromatic nitrogens is 2. The molecule has 2 heterocycles. The molecule has 1 amide bonds. The number of amides is 1. The van der Waals surface area contributed by atoms with Crippen LogP contribution in [-0.2, 0) is 11.2 Å². The zero-order chi connectivity index (χ0) is 21.7. The highest BCUT2D eigenvalue weighted by atomic mass is 35.5. The van der Waals surface area contributed by atoms with Crippen molar-refractivity contribution in [3.63, 3.8) is 0 Å². The number of benzene rings is 1. The predicted molar refractivity (Wildman–Crippen MR) is 117 cm³/mol. The van der Waals surface area contributed by atoms with Gasteiger partial charge in [-0.1, -0.05) is 42.5 Å². The van der Waals surface area contributed by atoms with E-state index in [0.717, 1.165) is 16.6 Å². The highest BCUT2D eigenvalue weighted by molar-refractivity contribution is 6.30. The second-order valence-corrected chi connectivity index (χ2v) is 7.07. The van der Waals surface area contributed by atoms with Crippen LogP contribution in [0.15, 0.2) is 78.9 Å². The van der Waals surface area contributed by atoms with Gasteiger partial charge in [0.25, 0.3) is 5.91 Å². The quantitative estimate of drug-likeness (QED) is 0.417. The number of fused-ring (bicyclic) bond motifs is 1. The van der Waals surface area contributed by atoms with Crippen LogP contribution < -0.4 is 5.73 Å². The fourth-order valence-corrected chi connectivity index (χ4v) is 3.23. The van der Waals surface area contributed by atoms with Crippen LogP contribution in [0.4, 0.5) is 4.39 Å². The van der Waals surface area contributed by atoms with Crippen LogP contribution in [0.3, 0.4) is 0 Å². The first-order valence-electron chi connectivity index (χ1n) is 9.13. The first-order chi connectivity index (χ1) is 14.4. The topological polar surface area (TPSA) is 69.6 Å². The van der Waals surface area contributed by atoms with E-state index in [-0.39, 0.29) is 5.82 Å². The third-order valence-corrected chi connectivity index (χ3v) is 4.81. The van der Waals surface area contributed by atoms with Crippen molar-refractivity contribution >= 4 is 28.6 Å². The summed E-state index contributed by atoms with van der Waals surface area (Å²) in [6.07, 6.45) is 6.99. The van der Waals surface area contributed by atoms with E-state index >= 15 is 0 Å². The summed E-state index contributed by atoms with van der Waals surface area (Å²) in [7, 11) is 1.53. The second-order valence-electron chi connectivity index (χ2n) is 6.64. The number of nitrogens with zero attached hydrogens (tertiary/aromatic N) is 2. The molecule has 3 aromatic rings. The van der Waals surface area contributed by atoms with E-state index in [0.29, 0.717) is 28.3 Å². The van der Waals surface area contributed by atoms with Crippen LogP contribution in [0.1, 0.15) is 21.7 Å². The van der Waals surface area contributed by atoms with Crippen molar-refractivity contribution in [2.45, 2.75) is 6.42 Å². The van der Waals surface area contributed by atoms with Gasteiger partial charge in [-0.25, -0.2) is 9.37 Å². The van der Waals surface area contributed by atoms with Gasteiger partial charge in [0.1, 0.15) is 12.4 Å². The van der Waals surface area contributed by atoms with Crippen LogP contribution >= 0.6 is 11.6 Å². The number of rotatable bonds is 8. The molecule has 0 radical (unpaired) electrons. The fourth-order valence-electron chi connectivity index (χ4n) is 3.04. The Morgan fingerprint density at radius 3 is 2.80 bits per heavy atom. The summed E-state index contributed by atoms with van der Waals surface area (Å²) >= 11 is 6.04. The van der Waals surface area contributed by atoms with Gasteiger partial charge in [-0.3, -0.25) is 9.20 Å². The van der Waals surface area contributed by atoms with Gasteiger partial charge >= 0.3 is 0 Å². The Balaban J connectivity index is 1.85. The zero-order valence-corrected chi connectivity index (χ0v) is 17.2. The number of hydrogen-bond acceptors (Lipinski definition) is 3. The molecule has 0 saturated heterocycles. The molecule has 30 heavy (non-hydrogen) atoms. The summed E-state index contributed by atoms with van der Waals surface area (Å²) in [5, 5.41) is 0.592. The lowest BCUT2D eigenvalue weighted by Gasteiger charge is -2.10. The Morgan fingerprint density at radius 2 is 2.13 bits per heavy atom. The monoisotopic (exact) mass is 425 g/mol. The molecule has 0 aliphatic carbocycles. The second kappa shape index (κ2) is 9.41. The van der Waals surface area contributed by atoms with Crippen LogP contribution in [0.25, 0.3) is 11.1 Å². The van der Waals surface area contributed by atoms with Crippen LogP contribution in [0.5, 0.6) is 0 Å². The molecule has 3 rings (SSSR count). The third kappa shape index (κ3) is 4.78. The van der Waals surface area contributed by atoms with Gasteiger partial charge < -0.3 is 10.5 Å². The minimum absolute atomic E-state index is 0.136. The smallest absolute Gasteiger partial charge is 0.285 e. The van der Waals surface area contributed by atoms with Gasteiger partial charge in [0.15, 0.2) is 0 Å². The van der Waals surface area contributed by atoms with Gasteiger partial charge in [-0.2, -0.15) is 0 Å². The average Bonchev–Trinajstić information content (AvgIpc) is 3.16. The van der Waals surface area contributed by atoms with Gasteiger partial charge in [0.2, 0.25) is 5.82 Å². The molecule has 1 aromatic carbocycles. The molecule has 0 fully saturated rings. The third-order valence-electron chi connectivity index (χ3n) is 4.57. The van der Waals surface area contributed by atoms with E-state index in [1.54, 1.807) is 41.1 Å². The number of allylic oxidation sites excluding steroid dienone is 4. The summed E-state index contributed by atoms with van der Waals surface area (Å²) < 4.78 is 20.7. The number of hydrogen-bond donors (Lipinski definition) is 1. The van der Waals surface area contributed by atoms with E-state index in [4.69, 9.17) is 22.1 Å². The van der Waals surface area contributed by atoms with Crippen LogP contribution in [0.2, 0.25) is 5.02 Å². The highest BCUT2D eigenvalue weighted by Gasteiger charge is 2.10. The molecule has 0 saturated carbocycles. The zero-order valence-electron chi connectivity index (χ0n) is 16.4. The minimum Gasteiger partial charge on any atom is -0.496 e. The number of carbonyl (C=O) groups excluding carboxylic acids is 1. The first-order valence-corrected chi connectivity index (χ1v) is 9.51. The lowest BCUT2D eigenvalue weighted by molar-refractivity contribution is 0.0990. The number of nitrogens with two attached hydrogens (primary N) is 1. The van der Waals surface area contributed by atoms with E-state index in [9.17, 15) is 9.18 Å². The lowest BCUT2D eigenvalue weighted by Crippen LogP contribution is -2.15. The summed E-state index contributed by atoms with van der Waals surface area (Å²) in [6.45, 7) is 3.41. The van der Waals surface area contributed by atoms with Crippen molar-refractivity contribution in [3.8, 4) is 0 Å². The summed E-state index contributed by atoms with van der Waals surface area (Å²) in [5.41, 5.74) is 8.88. The Labute approximate surface area is 178 Å². The van der Waals surface area contributed by atoms with Crippen LogP contribution in [0, 0.1) is 0 Å². The summed E-state index contributed by atoms with van der Waals surface area (Å²) in [5.74, 6) is 0.0157. The van der Waals surface area contributed by atoms with Gasteiger partial charge in [0.05, 0.1) is 18.8 Å². The summed E-state index contributed by atoms with van der Waals surface area (Å²) in [6, 6.07) is 10.9. The van der Waals surface area contributed by atoms with Crippen molar-refractivity contribution in [2.75, 3.05) is 13.8 Å². The van der Waals surface area contributed by atoms with Crippen molar-refractivity contribution in [2.24, 2.45) is 5.73 Å². The molecule has 2 N–H and O–H groups in total. The molecular formula is C23H21ClFN3O2. The van der Waals surface area contributed by atoms with Crippen molar-refractivity contribution in [1.29, 1.82) is 0 Å². The molecule has 0 bridgehead atoms. The molecular weight excluding hydrogens is 405 g/mol. The van der Waals surface area contributed by atoms with Gasteiger partial charge in [-0.15, -0.1) is 0 Å². The van der Waals surface area contributed by atoms with E-state index < -0.39 is 12.6 Å². The molecule has 0 aliphatic rings. The maximum absolute atomic E-state index is 13.7. The molecule has 7 heteroatoms. The maximum Gasteiger partial charge on any atom is 0.285 e. The van der Waals surface area contributed by atoms with Crippen molar-refractivity contribution in [3.05, 3.63) is 101 Å². The largest absolute Gasteiger partial charge is 0.496 e. The van der Waals surface area contributed by atoms with Gasteiger partial charge in [-0.05, 0) is 47.4 Å². The average molecular weight is 426 g/mol. The Morgan fingerprint density at radius 1 is 1.33 bits per heavy atom. The molecule has 0 spiro atoms. The molecule has 154 valence electrons. The number of primary amides is 1. The number of pyridine rings is 1. The molecule has 0 aliphatic heterocycles. The number of alkyl halides is 1. The first kappa shape index (κ1) is 21.3. The predicted octanol–water partition coefficient (Wildman–Crippen LogP) is 4.77. The van der Waals surface area contributed by atoms with E-state index in [2.05, 4.69) is 11.6 Å². The fraction of sp³-hybridized carbons (Fsp3) is 0.130. The maximum atomic E-state index is 13.7. The van der Waals surface area contributed by atoms with Crippen molar-refractivity contribution in [1.82, 2.24) is 9.38 Å². The number of carbonyl (C=O) groups is 1. The van der Waals surface area contributed by atoms with E-state index in [1.165, 1.54) is 7.11 Å². The number of halogens is 2. The lowest BCUT2D eigenvalue weighted by atomic mass is 10.0. The minimum atomic E-state index is -0.637. The Bertz CT molecular complexity index is 1160. The number of methoxy groups -OCH3 is 1. The SMILES string of the molecule is C=C(/C(=C\C=C(/CF)Cc1ccc2cnc(C(N)=O)n2c1)OC)c1cccc(Cl)c1. The van der Waals surface area contributed by atoms with Crippen molar-refractivity contribution < 1.29 is 13.9 Å². The standard InChI is InChI=1S/C23H21ClFN3O2/c1-15(18-4-3-5-19(24)11-18)21(30-2)9-7-16(12-25)10-17-6-8-20-13-27-23(22(26)29)28(20)14-17/h3-9,11,13-14H,1,10,12H2,2H3,(H2,26,29)/b16-7-,21-9+. The molecule has 5 nitrogen and oxygen atoms in total. The van der Waals surface area contributed by atoms with Gasteiger partial charge in [0, 0.05) is 16.8 Å². The van der Waals surface area contributed by atoms with Crippen LogP contribution in [-0.4, -0.2) is 29.1 Å². The normalized spacial score (nSPS) is 12.2. The Hall–Kier alpha value is -3.38. The summed E-state index contributed by atoms with van der Waals surface area (Å²) in [4.78, 5) is 15.5. The Kier molecular flexibility index (Phi) is 6.69. The highest BCUT2D eigenvalue weighted by Crippen LogP contribution is 2.24. The number of imidazole rings is 1.